The van der Waals surface area contributed by atoms with Crippen LogP contribution >= 0.6 is 0 Å². The number of pyridine rings is 6. The van der Waals surface area contributed by atoms with Crippen molar-refractivity contribution in [2.45, 2.75) is 131 Å². The fourth-order valence-electron chi connectivity index (χ4n) is 12.0. The van der Waals surface area contributed by atoms with Gasteiger partial charge in [-0.2, -0.15) is 0 Å². The Morgan fingerprint density at radius 2 is 0.758 bits per heavy atom. The lowest BCUT2D eigenvalue weighted by Crippen LogP contribution is -2.39. The molecule has 636 valence electrons. The predicted molar refractivity (Wildman–Crippen MR) is 433 cm³/mol. The number of aliphatic hydroxyl groups is 1. The zero-order valence-electron chi connectivity index (χ0n) is 68.0. The number of carbonyl (C=O) groups excluding carboxylic acids is 3. The first-order valence-corrected chi connectivity index (χ1v) is 38.2. The molecule has 10 aromatic rings. The number of phenols is 1. The van der Waals surface area contributed by atoms with Crippen LogP contribution in [0.1, 0.15) is 130 Å². The molecule has 0 saturated heterocycles. The lowest BCUT2D eigenvalue weighted by Gasteiger charge is -2.31. The summed E-state index contributed by atoms with van der Waals surface area (Å²) >= 11 is 0. The lowest BCUT2D eigenvalue weighted by molar-refractivity contribution is 0.0213. The minimum absolute atomic E-state index is 0.0630. The molecule has 14 rings (SSSR count). The Bertz CT molecular complexity index is 4900. The molecule has 28 nitrogen and oxygen atoms in total. The van der Waals surface area contributed by atoms with E-state index in [1.54, 1.807) is 87.5 Å². The highest BCUT2D eigenvalue weighted by Crippen LogP contribution is 2.31. The number of aromatic hydroxyl groups is 1. The van der Waals surface area contributed by atoms with Crippen molar-refractivity contribution in [3.05, 3.63) is 261 Å². The number of methoxy groups -OCH3 is 2. The molecule has 120 heavy (non-hydrogen) atoms. The molecule has 0 radical (unpaired) electrons. The van der Waals surface area contributed by atoms with Crippen LogP contribution in [-0.4, -0.2) is 163 Å². The maximum absolute atomic E-state index is 12.9. The van der Waals surface area contributed by atoms with Gasteiger partial charge < -0.3 is 87.4 Å². The highest BCUT2D eigenvalue weighted by atomic mass is 19.1. The summed E-state index contributed by atoms with van der Waals surface area (Å²) in [7, 11) is 3.01. The number of phenolic OH excluding ortho intramolecular Hbond substituents is 1. The van der Waals surface area contributed by atoms with Crippen LogP contribution in [0.25, 0.3) is 0 Å². The average molecular weight is 1660 g/mol. The van der Waals surface area contributed by atoms with Gasteiger partial charge >= 0.3 is 18.2 Å². The van der Waals surface area contributed by atoms with E-state index in [1.807, 2.05) is 90.1 Å². The van der Waals surface area contributed by atoms with Gasteiger partial charge in [0.2, 0.25) is 39.2 Å². The molecule has 0 spiro atoms. The van der Waals surface area contributed by atoms with Crippen LogP contribution in [0.3, 0.4) is 0 Å². The molecule has 3 amide bonds. The standard InChI is InChI=1S/C23H22FN3O4.C21H25FN2O4.C16H17FN2O2.C14H19NO3.C7H8FNO2.C7H7NO3/c1-29-22-7-3-17(11-26-22)23(28)27-9-8-16-2-5-20(10-18(16)13-27)30-14-19-4-6-21(12-25-19)31-15-24;1-21(2,3)28-20(25)24-9-8-15-4-6-18(10-16(15)12-24)26-13-17-5-7-19(11-23-17)27-14-22;17-11-21-16-4-2-14(19-9-16)10-20-15-3-1-12-5-6-18-8-13(12)7-15;1-14(2,3)18-13(17)15-7-6-10-4-5-12(16)8-11(10)9-15;8-5-11-7-2-1-6(4-10)9-3-7;1-11-6-3-2-5(4-8-6)7(9)10/h2-7,10-12H,8-9,13-15H2,1H3;4-7,10-11H,8-9,12-14H2,1-3H3;1-4,7,9,18H,5-6,8,10-11H2;4-5,8,16H,6-7,9H2,1-3H3;1-3,10H,4-5H2;2-4H,1H3,(H,9,10). The first-order chi connectivity index (χ1) is 57.8. The van der Waals surface area contributed by atoms with Crippen LogP contribution in [0, 0.1) is 0 Å². The SMILES string of the molecule is CC(C)(C)OC(=O)N1CCc2ccc(O)cc2C1.CC(C)(C)OC(=O)N1CCc2ccc(OCc3ccc(OCF)cn3)cc2C1.COc1ccc(C(=O)N2CCc3ccc(OCc4ccc(OCF)cn4)cc3C2)cn1.COc1ccc(C(=O)O)cn1.FCOc1ccc(COc2ccc3c(c2)CNCC3)nc1.OCc1ccc(OCF)cn1. The van der Waals surface area contributed by atoms with Crippen LogP contribution < -0.4 is 47.9 Å². The monoisotopic (exact) mass is 1660 g/mol. The summed E-state index contributed by atoms with van der Waals surface area (Å²) in [5, 5.41) is 29.9. The van der Waals surface area contributed by atoms with Crippen LogP contribution in [0.15, 0.2) is 183 Å². The fraction of sp³-hybridized carbons (Fsp3) is 0.341. The number of aromatic carboxylic acids is 1. The highest BCUT2D eigenvalue weighted by Gasteiger charge is 2.29. The van der Waals surface area contributed by atoms with E-state index in [0.717, 1.165) is 66.9 Å². The van der Waals surface area contributed by atoms with Gasteiger partial charge in [0.1, 0.15) is 77.0 Å². The van der Waals surface area contributed by atoms with Gasteiger partial charge in [-0.3, -0.25) is 24.7 Å². The Kier molecular flexibility index (Phi) is 34.5. The third-order valence-electron chi connectivity index (χ3n) is 18.0. The molecule has 4 aliphatic rings. The van der Waals surface area contributed by atoms with Crippen LogP contribution in [0.2, 0.25) is 0 Å². The van der Waals surface area contributed by atoms with Gasteiger partial charge in [0, 0.05) is 70.3 Å². The van der Waals surface area contributed by atoms with Gasteiger partial charge in [0.05, 0.1) is 79.5 Å². The molecule has 4 aliphatic heterocycles. The van der Waals surface area contributed by atoms with E-state index in [9.17, 15) is 41.8 Å². The number of ether oxygens (including phenoxy) is 11. The number of halogens is 4. The van der Waals surface area contributed by atoms with Crippen molar-refractivity contribution in [2.75, 3.05) is 67.8 Å². The minimum Gasteiger partial charge on any atom is -0.508 e. The quantitative estimate of drug-likeness (QED) is 0.0458. The van der Waals surface area contributed by atoms with Gasteiger partial charge in [0.25, 0.3) is 5.91 Å². The Labute approximate surface area is 692 Å². The van der Waals surface area contributed by atoms with E-state index in [4.69, 9.17) is 57.6 Å². The second kappa shape index (κ2) is 45.6. The van der Waals surface area contributed by atoms with Crippen molar-refractivity contribution >= 4 is 24.1 Å². The molecule has 0 aliphatic carbocycles. The molecule has 4 N–H and O–H groups in total. The first-order valence-electron chi connectivity index (χ1n) is 38.2. The molecule has 0 saturated carbocycles. The van der Waals surface area contributed by atoms with E-state index in [1.165, 1.54) is 91.4 Å². The number of amides is 3. The second-order valence-electron chi connectivity index (χ2n) is 28.9. The van der Waals surface area contributed by atoms with Gasteiger partial charge in [-0.1, -0.05) is 24.3 Å². The number of rotatable bonds is 22. The van der Waals surface area contributed by atoms with E-state index in [-0.39, 0.29) is 49.2 Å². The van der Waals surface area contributed by atoms with Crippen molar-refractivity contribution < 1.29 is 104 Å². The lowest BCUT2D eigenvalue weighted by atomic mass is 9.99. The summed E-state index contributed by atoms with van der Waals surface area (Å²) in [5.74, 6) is 3.84. The van der Waals surface area contributed by atoms with Gasteiger partial charge in [-0.15, -0.1) is 0 Å². The third-order valence-corrected chi connectivity index (χ3v) is 18.0. The number of hydrogen-bond acceptors (Lipinski definition) is 24. The number of carboxylic acid groups (broad SMARTS) is 1. The molecule has 6 aromatic heterocycles. The van der Waals surface area contributed by atoms with Crippen LogP contribution in [0.5, 0.6) is 57.8 Å². The third kappa shape index (κ3) is 29.5. The van der Waals surface area contributed by atoms with Crippen LogP contribution in [0.4, 0.5) is 27.2 Å². The Hall–Kier alpha value is -13.1. The molecule has 32 heteroatoms. The first kappa shape index (κ1) is 90.8. The largest absolute Gasteiger partial charge is 0.508 e. The smallest absolute Gasteiger partial charge is 0.410 e. The maximum atomic E-state index is 12.9. The number of nitrogens with zero attached hydrogens (tertiary/aromatic N) is 9. The number of alkyl halides is 4. The molecular weight excluding hydrogens is 1560 g/mol. The number of hydrogen-bond donors (Lipinski definition) is 4. The number of aliphatic hydroxyl groups excluding tert-OH is 1. The summed E-state index contributed by atoms with van der Waals surface area (Å²) in [6, 6.07) is 43.0. The van der Waals surface area contributed by atoms with Crippen molar-refractivity contribution in [2.24, 2.45) is 0 Å². The van der Waals surface area contributed by atoms with Gasteiger partial charge in [-0.05, 0) is 227 Å². The van der Waals surface area contributed by atoms with Crippen molar-refractivity contribution in [1.82, 2.24) is 49.9 Å². The fourth-order valence-corrected chi connectivity index (χ4v) is 12.0. The van der Waals surface area contributed by atoms with Crippen molar-refractivity contribution in [3.63, 3.8) is 0 Å². The highest BCUT2D eigenvalue weighted by molar-refractivity contribution is 5.94. The average Bonchev–Trinajstić information content (AvgIpc) is 0.760. The van der Waals surface area contributed by atoms with E-state index in [0.29, 0.717) is 115 Å². The molecular formula is C88H98F4N10O18. The zero-order chi connectivity index (χ0) is 86.0. The minimum atomic E-state index is -0.986. The topological polar surface area (TPSA) is 330 Å². The molecule has 0 fully saturated rings. The Morgan fingerprint density at radius 1 is 0.400 bits per heavy atom. The zero-order valence-corrected chi connectivity index (χ0v) is 68.0. The second-order valence-corrected chi connectivity index (χ2v) is 28.9. The summed E-state index contributed by atoms with van der Waals surface area (Å²) in [6.07, 6.45) is 11.4. The molecule has 0 bridgehead atoms. The number of benzene rings is 4. The van der Waals surface area contributed by atoms with E-state index in [2.05, 4.69) is 52.1 Å². The number of nitrogens with one attached hydrogen (secondary N) is 1. The molecule has 0 atom stereocenters. The van der Waals surface area contributed by atoms with Gasteiger partial charge in [-0.25, -0.2) is 41.9 Å². The number of carbonyl (C=O) groups is 4. The molecule has 0 unspecified atom stereocenters. The normalized spacial score (nSPS) is 12.9. The Balaban J connectivity index is 0.000000170. The number of fused-ring (bicyclic) bond motifs is 4. The number of carboxylic acids is 1. The summed E-state index contributed by atoms with van der Waals surface area (Å²) in [5.41, 5.74) is 11.8. The Morgan fingerprint density at radius 3 is 1.12 bits per heavy atom. The number of aromatic nitrogens is 6. The van der Waals surface area contributed by atoms with Crippen molar-refractivity contribution in [3.8, 4) is 57.8 Å². The summed E-state index contributed by atoms with van der Waals surface area (Å²) < 4.78 is 105. The molecule has 4 aromatic carbocycles. The van der Waals surface area contributed by atoms with E-state index >= 15 is 0 Å². The summed E-state index contributed by atoms with van der Waals surface area (Å²) in [4.78, 5) is 76.8. The predicted octanol–water partition coefficient (Wildman–Crippen LogP) is 14.8. The molecule has 10 heterocycles. The van der Waals surface area contributed by atoms with Gasteiger partial charge in [0.15, 0.2) is 0 Å². The van der Waals surface area contributed by atoms with E-state index < -0.39 is 44.6 Å². The maximum Gasteiger partial charge on any atom is 0.410 e. The summed E-state index contributed by atoms with van der Waals surface area (Å²) in [6.45, 7) is 13.9. The van der Waals surface area contributed by atoms with Crippen LogP contribution in [-0.2, 0) is 87.8 Å². The van der Waals surface area contributed by atoms with Crippen molar-refractivity contribution in [1.29, 1.82) is 0 Å².